The maximum Gasteiger partial charge on any atom is 0.137 e. The van der Waals surface area contributed by atoms with Crippen molar-refractivity contribution in [2.24, 2.45) is 11.7 Å². The fourth-order valence-electron chi connectivity index (χ4n) is 1.51. The molecule has 1 aliphatic heterocycles. The molecule has 2 N–H and O–H groups in total. The molecular weight excluding hydrogens is 178 g/mol. The summed E-state index contributed by atoms with van der Waals surface area (Å²) >= 11 is 0. The second kappa shape index (κ2) is 5.70. The highest BCUT2D eigenvalue weighted by Gasteiger charge is 2.14. The van der Waals surface area contributed by atoms with Gasteiger partial charge in [0, 0.05) is 12.5 Å². The van der Waals surface area contributed by atoms with Crippen molar-refractivity contribution in [1.82, 2.24) is 0 Å². The van der Waals surface area contributed by atoms with E-state index in [-0.39, 0.29) is 0 Å². The molecule has 14 heavy (non-hydrogen) atoms. The van der Waals surface area contributed by atoms with Gasteiger partial charge >= 0.3 is 0 Å². The Kier molecular flexibility index (Phi) is 4.53. The molecule has 1 saturated heterocycles. The summed E-state index contributed by atoms with van der Waals surface area (Å²) in [6.45, 7) is 7.90. The van der Waals surface area contributed by atoms with Gasteiger partial charge in [-0.1, -0.05) is 6.58 Å². The normalized spacial score (nSPS) is 23.2. The molecule has 3 nitrogen and oxygen atoms in total. The molecule has 0 spiro atoms. The lowest BCUT2D eigenvalue weighted by Crippen LogP contribution is -2.22. The lowest BCUT2D eigenvalue weighted by molar-refractivity contribution is 0.0228. The summed E-state index contributed by atoms with van der Waals surface area (Å²) in [6.07, 6.45) is 4.14. The monoisotopic (exact) mass is 197 g/mol. The SMILES string of the molecule is C=C(N)/C(=C\C)OCC1CCCOC1. The van der Waals surface area contributed by atoms with Crippen LogP contribution in [0.5, 0.6) is 0 Å². The topological polar surface area (TPSA) is 44.5 Å². The maximum atomic E-state index is 5.55. The van der Waals surface area contributed by atoms with Crippen molar-refractivity contribution in [2.75, 3.05) is 19.8 Å². The molecule has 1 aliphatic rings. The first-order valence-electron chi connectivity index (χ1n) is 5.05. The van der Waals surface area contributed by atoms with Gasteiger partial charge in [-0.2, -0.15) is 0 Å². The summed E-state index contributed by atoms with van der Waals surface area (Å²) in [6, 6.07) is 0. The third-order valence-corrected chi connectivity index (χ3v) is 2.31. The summed E-state index contributed by atoms with van der Waals surface area (Å²) in [4.78, 5) is 0. The lowest BCUT2D eigenvalue weighted by Gasteiger charge is -2.22. The first kappa shape index (κ1) is 11.1. The minimum Gasteiger partial charge on any atom is -0.491 e. The summed E-state index contributed by atoms with van der Waals surface area (Å²) in [5.74, 6) is 1.19. The zero-order valence-corrected chi connectivity index (χ0v) is 8.79. The van der Waals surface area contributed by atoms with Gasteiger partial charge in [0.2, 0.25) is 0 Å². The van der Waals surface area contributed by atoms with Gasteiger partial charge in [0.15, 0.2) is 0 Å². The van der Waals surface area contributed by atoms with E-state index in [1.807, 2.05) is 13.0 Å². The number of hydrogen-bond donors (Lipinski definition) is 1. The molecule has 80 valence electrons. The van der Waals surface area contributed by atoms with Crippen molar-refractivity contribution in [3.63, 3.8) is 0 Å². The Labute approximate surface area is 85.6 Å². The second-order valence-corrected chi connectivity index (χ2v) is 3.57. The standard InChI is InChI=1S/C11H19NO2/c1-3-11(9(2)12)14-8-10-5-4-6-13-7-10/h3,10H,2,4-8,12H2,1H3/b11-3+. The maximum absolute atomic E-state index is 5.55. The zero-order valence-electron chi connectivity index (χ0n) is 8.79. The van der Waals surface area contributed by atoms with E-state index in [1.165, 1.54) is 6.42 Å². The zero-order chi connectivity index (χ0) is 10.4. The Morgan fingerprint density at radius 3 is 3.00 bits per heavy atom. The number of nitrogens with two attached hydrogens (primary N) is 1. The summed E-state index contributed by atoms with van der Waals surface area (Å²) in [5.41, 5.74) is 6.03. The molecule has 1 unspecified atom stereocenters. The van der Waals surface area contributed by atoms with Crippen LogP contribution in [0.3, 0.4) is 0 Å². The summed E-state index contributed by atoms with van der Waals surface area (Å²) < 4.78 is 10.9. The van der Waals surface area contributed by atoms with Gasteiger partial charge in [0.25, 0.3) is 0 Å². The average molecular weight is 197 g/mol. The van der Waals surface area contributed by atoms with Gasteiger partial charge in [0.05, 0.1) is 18.9 Å². The first-order chi connectivity index (χ1) is 6.74. The van der Waals surface area contributed by atoms with Crippen LogP contribution in [0.4, 0.5) is 0 Å². The van der Waals surface area contributed by atoms with Crippen molar-refractivity contribution >= 4 is 0 Å². The first-order valence-corrected chi connectivity index (χ1v) is 5.05. The van der Waals surface area contributed by atoms with Gasteiger partial charge in [-0.05, 0) is 25.8 Å². The molecule has 0 amide bonds. The van der Waals surface area contributed by atoms with Gasteiger partial charge in [-0.25, -0.2) is 0 Å². The number of hydrogen-bond acceptors (Lipinski definition) is 3. The van der Waals surface area contributed by atoms with E-state index in [0.717, 1.165) is 19.6 Å². The van der Waals surface area contributed by atoms with Crippen molar-refractivity contribution in [3.05, 3.63) is 24.1 Å². The third kappa shape index (κ3) is 3.42. The van der Waals surface area contributed by atoms with E-state index in [1.54, 1.807) is 0 Å². The van der Waals surface area contributed by atoms with Gasteiger partial charge in [0.1, 0.15) is 5.76 Å². The summed E-state index contributed by atoms with van der Waals surface area (Å²) in [5, 5.41) is 0. The van der Waals surface area contributed by atoms with Crippen LogP contribution in [-0.2, 0) is 9.47 Å². The van der Waals surface area contributed by atoms with Crippen LogP contribution in [0.1, 0.15) is 19.8 Å². The minimum absolute atomic E-state index is 0.490. The Hall–Kier alpha value is -0.960. The van der Waals surface area contributed by atoms with E-state index in [9.17, 15) is 0 Å². The number of allylic oxidation sites excluding steroid dienone is 1. The molecule has 1 heterocycles. The second-order valence-electron chi connectivity index (χ2n) is 3.57. The van der Waals surface area contributed by atoms with Crippen molar-refractivity contribution in [1.29, 1.82) is 0 Å². The molecule has 0 aromatic carbocycles. The van der Waals surface area contributed by atoms with Gasteiger partial charge < -0.3 is 15.2 Å². The molecule has 1 rings (SSSR count). The van der Waals surface area contributed by atoms with E-state index in [4.69, 9.17) is 15.2 Å². The lowest BCUT2D eigenvalue weighted by atomic mass is 10.0. The highest BCUT2D eigenvalue weighted by molar-refractivity contribution is 5.17. The smallest absolute Gasteiger partial charge is 0.137 e. The molecule has 0 bridgehead atoms. The Bertz CT molecular complexity index is 217. The molecular formula is C11H19NO2. The third-order valence-electron chi connectivity index (χ3n) is 2.31. The highest BCUT2D eigenvalue weighted by Crippen LogP contribution is 2.16. The average Bonchev–Trinajstić information content (AvgIpc) is 2.20. The fraction of sp³-hybridized carbons (Fsp3) is 0.636. The van der Waals surface area contributed by atoms with Crippen molar-refractivity contribution in [2.45, 2.75) is 19.8 Å². The molecule has 0 aromatic heterocycles. The van der Waals surface area contributed by atoms with Crippen LogP contribution in [0.2, 0.25) is 0 Å². The Morgan fingerprint density at radius 1 is 1.71 bits per heavy atom. The van der Waals surface area contributed by atoms with E-state index < -0.39 is 0 Å². The predicted octanol–water partition coefficient (Wildman–Crippen LogP) is 1.81. The van der Waals surface area contributed by atoms with Crippen LogP contribution >= 0.6 is 0 Å². The van der Waals surface area contributed by atoms with Crippen LogP contribution in [-0.4, -0.2) is 19.8 Å². The summed E-state index contributed by atoms with van der Waals surface area (Å²) in [7, 11) is 0. The molecule has 0 aliphatic carbocycles. The molecule has 3 heteroatoms. The van der Waals surface area contributed by atoms with E-state index >= 15 is 0 Å². The quantitative estimate of drug-likeness (QED) is 0.552. The Morgan fingerprint density at radius 2 is 2.50 bits per heavy atom. The molecule has 1 fully saturated rings. The van der Waals surface area contributed by atoms with Gasteiger partial charge in [-0.15, -0.1) is 0 Å². The largest absolute Gasteiger partial charge is 0.491 e. The van der Waals surface area contributed by atoms with Crippen LogP contribution in [0.25, 0.3) is 0 Å². The minimum atomic E-state index is 0.490. The predicted molar refractivity (Wildman–Crippen MR) is 56.6 cm³/mol. The van der Waals surface area contributed by atoms with Crippen LogP contribution < -0.4 is 5.73 Å². The van der Waals surface area contributed by atoms with Crippen LogP contribution in [0.15, 0.2) is 24.1 Å². The van der Waals surface area contributed by atoms with Crippen molar-refractivity contribution < 1.29 is 9.47 Å². The van der Waals surface area contributed by atoms with E-state index in [2.05, 4.69) is 6.58 Å². The van der Waals surface area contributed by atoms with Crippen molar-refractivity contribution in [3.8, 4) is 0 Å². The molecule has 1 atom stereocenters. The molecule has 0 saturated carbocycles. The number of rotatable bonds is 4. The fourth-order valence-corrected chi connectivity index (χ4v) is 1.51. The Balaban J connectivity index is 2.27. The molecule has 0 radical (unpaired) electrons. The van der Waals surface area contributed by atoms with Crippen LogP contribution in [0, 0.1) is 5.92 Å². The highest BCUT2D eigenvalue weighted by atomic mass is 16.5. The molecule has 0 aromatic rings. The van der Waals surface area contributed by atoms with Gasteiger partial charge in [-0.3, -0.25) is 0 Å². The number of ether oxygens (including phenoxy) is 2. The van der Waals surface area contributed by atoms with E-state index in [0.29, 0.717) is 24.0 Å².